The molecule has 4 aliphatic carbocycles. The van der Waals surface area contributed by atoms with E-state index in [2.05, 4.69) is 58.0 Å². The van der Waals surface area contributed by atoms with Crippen LogP contribution in [0.25, 0.3) is 0 Å². The molecular weight excluding hydrogens is 508 g/mol. The van der Waals surface area contributed by atoms with Gasteiger partial charge < -0.3 is 9.47 Å². The second kappa shape index (κ2) is 11.8. The van der Waals surface area contributed by atoms with Gasteiger partial charge in [0.1, 0.15) is 11.4 Å². The Hall–Kier alpha value is -1.68. The van der Waals surface area contributed by atoms with Gasteiger partial charge in [-0.05, 0) is 125 Å². The largest absolute Gasteiger partial charge is 0.460 e. The number of carbonyl (C=O) groups is 2. The number of Topliss-reactive ketones (excluding diaryl/α,β-unsaturated/α-hetero) is 1. The van der Waals surface area contributed by atoms with E-state index in [9.17, 15) is 9.59 Å². The fourth-order valence-electron chi connectivity index (χ4n) is 10.5. The van der Waals surface area contributed by atoms with Crippen LogP contribution >= 0.6 is 0 Å². The highest BCUT2D eigenvalue weighted by Crippen LogP contribution is 2.68. The van der Waals surface area contributed by atoms with Crippen LogP contribution in [-0.2, 0) is 25.7 Å². The molecule has 0 heterocycles. The molecule has 0 amide bonds. The molecule has 4 nitrogen and oxygen atoms in total. The lowest BCUT2D eigenvalue weighted by atomic mass is 9.42. The van der Waals surface area contributed by atoms with E-state index in [0.717, 1.165) is 25.7 Å². The van der Waals surface area contributed by atoms with Crippen molar-refractivity contribution in [3.63, 3.8) is 0 Å². The minimum atomic E-state index is -0.429. The molecule has 41 heavy (non-hydrogen) atoms. The summed E-state index contributed by atoms with van der Waals surface area (Å²) < 4.78 is 12.1. The lowest BCUT2D eigenvalue weighted by Crippen LogP contribution is -2.60. The van der Waals surface area contributed by atoms with E-state index in [1.807, 2.05) is 20.8 Å². The van der Waals surface area contributed by atoms with Crippen LogP contribution in [-0.4, -0.2) is 23.5 Å². The number of benzene rings is 1. The summed E-state index contributed by atoms with van der Waals surface area (Å²) in [4.78, 5) is 27.0. The van der Waals surface area contributed by atoms with Crippen molar-refractivity contribution in [2.45, 2.75) is 131 Å². The predicted molar refractivity (Wildman–Crippen MR) is 164 cm³/mol. The Balaban J connectivity index is 1.28. The van der Waals surface area contributed by atoms with Gasteiger partial charge >= 0.3 is 5.97 Å². The predicted octanol–water partition coefficient (Wildman–Crippen LogP) is 8.80. The van der Waals surface area contributed by atoms with E-state index in [4.69, 9.17) is 9.47 Å². The minimum Gasteiger partial charge on any atom is -0.460 e. The Morgan fingerprint density at radius 2 is 1.66 bits per heavy atom. The zero-order chi connectivity index (χ0) is 29.6. The third-order valence-electron chi connectivity index (χ3n) is 12.4. The van der Waals surface area contributed by atoms with Crippen molar-refractivity contribution >= 4 is 11.8 Å². The molecule has 0 N–H and O–H groups in total. The summed E-state index contributed by atoms with van der Waals surface area (Å²) >= 11 is 0. The average Bonchev–Trinajstić information content (AvgIpc) is 3.28. The van der Waals surface area contributed by atoms with Crippen LogP contribution in [0.3, 0.4) is 0 Å². The average molecular weight is 565 g/mol. The minimum absolute atomic E-state index is 0.0803. The fourth-order valence-corrected chi connectivity index (χ4v) is 10.5. The number of rotatable bonds is 8. The van der Waals surface area contributed by atoms with E-state index in [0.29, 0.717) is 48.4 Å². The molecule has 10 atom stereocenters. The van der Waals surface area contributed by atoms with Gasteiger partial charge in [0.2, 0.25) is 0 Å². The monoisotopic (exact) mass is 564 g/mol. The van der Waals surface area contributed by atoms with Crippen molar-refractivity contribution in [2.24, 2.45) is 52.3 Å². The van der Waals surface area contributed by atoms with Gasteiger partial charge in [-0.15, -0.1) is 0 Å². The summed E-state index contributed by atoms with van der Waals surface area (Å²) in [5.74, 6) is 3.36. The summed E-state index contributed by atoms with van der Waals surface area (Å²) in [5, 5.41) is 0. The van der Waals surface area contributed by atoms with Gasteiger partial charge in [-0.1, -0.05) is 58.0 Å². The molecule has 0 saturated heterocycles. The molecule has 0 unspecified atom stereocenters. The van der Waals surface area contributed by atoms with Crippen molar-refractivity contribution < 1.29 is 19.1 Å². The second-order valence-corrected chi connectivity index (χ2v) is 15.8. The zero-order valence-corrected chi connectivity index (χ0v) is 26.9. The Morgan fingerprint density at radius 3 is 2.34 bits per heavy atom. The highest BCUT2D eigenvalue weighted by Gasteiger charge is 2.65. The Bertz CT molecular complexity index is 1070. The second-order valence-electron chi connectivity index (χ2n) is 15.8. The standard InChI is InChI=1S/C37H56O4/c1-8-27-31-22-26(40-23-25-12-10-9-11-13-25)18-20-37(31,7)30-19-21-36(6)28(15-16-29(36)33(30)34(27)39)24(2)14-17-32(38)41-35(3,4)5/h9-13,24,26-31,33H,8,14-23H2,1-7H3/t24-,26-,27-,28-,29+,30+,31+,33+,36-,37-/m1/s1. The van der Waals surface area contributed by atoms with Crippen LogP contribution in [0, 0.1) is 52.3 Å². The molecule has 0 aromatic heterocycles. The molecule has 0 spiro atoms. The molecule has 0 bridgehead atoms. The summed E-state index contributed by atoms with van der Waals surface area (Å²) in [6.45, 7) is 16.1. The molecule has 0 aliphatic heterocycles. The van der Waals surface area contributed by atoms with Gasteiger partial charge in [-0.2, -0.15) is 0 Å². The number of fused-ring (bicyclic) bond motifs is 5. The van der Waals surface area contributed by atoms with E-state index >= 15 is 0 Å². The molecule has 4 aliphatic rings. The molecule has 1 aromatic carbocycles. The lowest BCUT2D eigenvalue weighted by molar-refractivity contribution is -0.176. The van der Waals surface area contributed by atoms with Gasteiger partial charge in [0.25, 0.3) is 0 Å². The first kappa shape index (κ1) is 30.8. The van der Waals surface area contributed by atoms with E-state index in [-0.39, 0.29) is 34.7 Å². The number of esters is 1. The Labute approximate surface area is 249 Å². The molecule has 5 rings (SSSR count). The molecule has 0 radical (unpaired) electrons. The summed E-state index contributed by atoms with van der Waals surface area (Å²) in [6, 6.07) is 10.5. The summed E-state index contributed by atoms with van der Waals surface area (Å²) in [6.07, 6.45) is 10.7. The maximum atomic E-state index is 14.5. The van der Waals surface area contributed by atoms with Gasteiger partial charge in [-0.3, -0.25) is 9.59 Å². The molecule has 4 fully saturated rings. The Kier molecular flexibility index (Phi) is 8.84. The number of ketones is 1. The molecule has 4 saturated carbocycles. The van der Waals surface area contributed by atoms with Gasteiger partial charge in [0.15, 0.2) is 0 Å². The van der Waals surface area contributed by atoms with Crippen molar-refractivity contribution in [3.05, 3.63) is 35.9 Å². The molecule has 1 aromatic rings. The molecule has 4 heteroatoms. The van der Waals surface area contributed by atoms with Crippen molar-refractivity contribution in [3.8, 4) is 0 Å². The van der Waals surface area contributed by atoms with Crippen molar-refractivity contribution in [1.29, 1.82) is 0 Å². The number of ether oxygens (including phenoxy) is 2. The van der Waals surface area contributed by atoms with Gasteiger partial charge in [0, 0.05) is 18.3 Å². The van der Waals surface area contributed by atoms with Gasteiger partial charge in [0.05, 0.1) is 12.7 Å². The quantitative estimate of drug-likeness (QED) is 0.296. The highest BCUT2D eigenvalue weighted by atomic mass is 16.6. The maximum absolute atomic E-state index is 14.5. The first-order valence-corrected chi connectivity index (χ1v) is 16.8. The first-order valence-electron chi connectivity index (χ1n) is 16.8. The van der Waals surface area contributed by atoms with Crippen LogP contribution in [0.15, 0.2) is 30.3 Å². The smallest absolute Gasteiger partial charge is 0.306 e. The van der Waals surface area contributed by atoms with Crippen molar-refractivity contribution in [2.75, 3.05) is 0 Å². The van der Waals surface area contributed by atoms with Crippen LogP contribution in [0.2, 0.25) is 0 Å². The number of hydrogen-bond acceptors (Lipinski definition) is 4. The van der Waals surface area contributed by atoms with E-state index in [1.165, 1.54) is 37.7 Å². The SMILES string of the molecule is CC[C@H]1C(=O)[C@@H]2[C@H](CC[C@]3(C)[C@@H]([C@H](C)CCC(=O)OC(C)(C)C)CC[C@@H]23)[C@@]2(C)CC[C@@H](OCc3ccccc3)C[C@@H]12. The summed E-state index contributed by atoms with van der Waals surface area (Å²) in [5.41, 5.74) is 1.23. The normalized spacial score (nSPS) is 39.4. The topological polar surface area (TPSA) is 52.6 Å². The van der Waals surface area contributed by atoms with E-state index < -0.39 is 5.60 Å². The molecular formula is C37H56O4. The number of hydrogen-bond donors (Lipinski definition) is 0. The third kappa shape index (κ3) is 5.93. The zero-order valence-electron chi connectivity index (χ0n) is 26.9. The third-order valence-corrected chi connectivity index (χ3v) is 12.4. The fraction of sp³-hybridized carbons (Fsp3) is 0.784. The molecule has 228 valence electrons. The van der Waals surface area contributed by atoms with Gasteiger partial charge in [-0.25, -0.2) is 0 Å². The summed E-state index contributed by atoms with van der Waals surface area (Å²) in [7, 11) is 0. The number of carbonyl (C=O) groups excluding carboxylic acids is 2. The Morgan fingerprint density at radius 1 is 0.976 bits per heavy atom. The van der Waals surface area contributed by atoms with Crippen LogP contribution in [0.5, 0.6) is 0 Å². The maximum Gasteiger partial charge on any atom is 0.306 e. The highest BCUT2D eigenvalue weighted by molar-refractivity contribution is 5.86. The first-order chi connectivity index (χ1) is 19.4. The lowest BCUT2D eigenvalue weighted by Gasteiger charge is -2.62. The van der Waals surface area contributed by atoms with Crippen LogP contribution in [0.4, 0.5) is 0 Å². The van der Waals surface area contributed by atoms with Crippen LogP contribution in [0.1, 0.15) is 118 Å². The van der Waals surface area contributed by atoms with Crippen molar-refractivity contribution in [1.82, 2.24) is 0 Å². The van der Waals surface area contributed by atoms with Crippen LogP contribution < -0.4 is 0 Å². The van der Waals surface area contributed by atoms with E-state index in [1.54, 1.807) is 0 Å².